The molecule has 1 saturated heterocycles. The zero-order valence-corrected chi connectivity index (χ0v) is 13.4. The van der Waals surface area contributed by atoms with Crippen molar-refractivity contribution < 1.29 is 4.79 Å². The summed E-state index contributed by atoms with van der Waals surface area (Å²) in [7, 11) is 0. The van der Waals surface area contributed by atoms with E-state index >= 15 is 0 Å². The Balaban J connectivity index is 0.00000180. The molecular formula is C14H20BrClN2O. The highest BCUT2D eigenvalue weighted by molar-refractivity contribution is 9.10. The van der Waals surface area contributed by atoms with Crippen molar-refractivity contribution in [1.82, 2.24) is 10.6 Å². The van der Waals surface area contributed by atoms with Crippen molar-refractivity contribution in [2.45, 2.75) is 25.8 Å². The number of hydrogen-bond acceptors (Lipinski definition) is 2. The Morgan fingerprint density at radius 2 is 2.21 bits per heavy atom. The predicted octanol–water partition coefficient (Wildman–Crippen LogP) is 2.53. The van der Waals surface area contributed by atoms with E-state index in [9.17, 15) is 4.79 Å². The van der Waals surface area contributed by atoms with Crippen molar-refractivity contribution in [2.24, 2.45) is 5.92 Å². The molecule has 2 atom stereocenters. The van der Waals surface area contributed by atoms with Gasteiger partial charge in [-0.05, 0) is 37.1 Å². The number of benzene rings is 1. The van der Waals surface area contributed by atoms with Gasteiger partial charge in [-0.25, -0.2) is 0 Å². The molecule has 2 N–H and O–H groups in total. The number of amides is 1. The van der Waals surface area contributed by atoms with Crippen LogP contribution in [-0.4, -0.2) is 25.0 Å². The summed E-state index contributed by atoms with van der Waals surface area (Å²) in [4.78, 5) is 12.0. The molecule has 0 saturated carbocycles. The summed E-state index contributed by atoms with van der Waals surface area (Å²) in [5.41, 5.74) is 1.04. The van der Waals surface area contributed by atoms with Gasteiger partial charge in [0.15, 0.2) is 0 Å². The Kier molecular flexibility index (Phi) is 6.83. The lowest BCUT2D eigenvalue weighted by Crippen LogP contribution is -2.48. The van der Waals surface area contributed by atoms with E-state index in [0.29, 0.717) is 18.4 Å². The second kappa shape index (κ2) is 7.88. The third-order valence-electron chi connectivity index (χ3n) is 3.44. The fourth-order valence-corrected chi connectivity index (χ4v) is 2.73. The second-order valence-corrected chi connectivity index (χ2v) is 5.77. The second-order valence-electron chi connectivity index (χ2n) is 4.91. The molecule has 19 heavy (non-hydrogen) atoms. The first-order chi connectivity index (χ1) is 8.66. The van der Waals surface area contributed by atoms with Crippen molar-refractivity contribution in [2.75, 3.05) is 13.1 Å². The van der Waals surface area contributed by atoms with Crippen LogP contribution in [0.4, 0.5) is 0 Å². The smallest absolute Gasteiger partial charge is 0.224 e. The molecule has 1 fully saturated rings. The monoisotopic (exact) mass is 346 g/mol. The lowest BCUT2D eigenvalue weighted by molar-refractivity contribution is -0.121. The van der Waals surface area contributed by atoms with Gasteiger partial charge in [0.25, 0.3) is 0 Å². The molecule has 0 aromatic heterocycles. The van der Waals surface area contributed by atoms with Gasteiger partial charge in [-0.2, -0.15) is 0 Å². The largest absolute Gasteiger partial charge is 0.353 e. The van der Waals surface area contributed by atoms with Crippen LogP contribution in [0.2, 0.25) is 0 Å². The van der Waals surface area contributed by atoms with Crippen molar-refractivity contribution in [1.29, 1.82) is 0 Å². The fourth-order valence-electron chi connectivity index (χ4n) is 2.30. The average Bonchev–Trinajstić information content (AvgIpc) is 2.35. The van der Waals surface area contributed by atoms with Crippen LogP contribution < -0.4 is 10.6 Å². The first-order valence-corrected chi connectivity index (χ1v) is 7.19. The number of hydrogen-bond donors (Lipinski definition) is 2. The number of rotatable bonds is 3. The van der Waals surface area contributed by atoms with Crippen LogP contribution in [0.5, 0.6) is 0 Å². The van der Waals surface area contributed by atoms with Crippen LogP contribution in [-0.2, 0) is 11.2 Å². The van der Waals surface area contributed by atoms with Crippen LogP contribution in [0, 0.1) is 5.92 Å². The first kappa shape index (κ1) is 16.5. The molecule has 2 rings (SSSR count). The van der Waals surface area contributed by atoms with Gasteiger partial charge in [0, 0.05) is 10.5 Å². The van der Waals surface area contributed by atoms with E-state index in [1.807, 2.05) is 24.3 Å². The zero-order chi connectivity index (χ0) is 13.0. The van der Waals surface area contributed by atoms with Gasteiger partial charge >= 0.3 is 0 Å². The molecule has 1 amide bonds. The van der Waals surface area contributed by atoms with Gasteiger partial charge < -0.3 is 10.6 Å². The molecule has 106 valence electrons. The van der Waals surface area contributed by atoms with Gasteiger partial charge in [0.2, 0.25) is 5.91 Å². The normalized spacial score (nSPS) is 22.4. The van der Waals surface area contributed by atoms with Crippen LogP contribution >= 0.6 is 28.3 Å². The van der Waals surface area contributed by atoms with Crippen molar-refractivity contribution >= 4 is 34.2 Å². The highest BCUT2D eigenvalue weighted by Crippen LogP contribution is 2.17. The summed E-state index contributed by atoms with van der Waals surface area (Å²) in [6.07, 6.45) is 1.46. The minimum atomic E-state index is 0. The molecule has 1 aromatic carbocycles. The van der Waals surface area contributed by atoms with Gasteiger partial charge in [0.1, 0.15) is 0 Å². The lowest BCUT2D eigenvalue weighted by Gasteiger charge is -2.30. The molecule has 0 radical (unpaired) electrons. The van der Waals surface area contributed by atoms with Crippen LogP contribution in [0.15, 0.2) is 28.7 Å². The van der Waals surface area contributed by atoms with Crippen LogP contribution in [0.25, 0.3) is 0 Å². The van der Waals surface area contributed by atoms with E-state index < -0.39 is 0 Å². The molecule has 1 aromatic rings. The fraction of sp³-hybridized carbons (Fsp3) is 0.500. The topological polar surface area (TPSA) is 41.1 Å². The number of nitrogens with one attached hydrogen (secondary N) is 2. The number of piperidine rings is 1. The van der Waals surface area contributed by atoms with E-state index in [-0.39, 0.29) is 18.3 Å². The van der Waals surface area contributed by atoms with Crippen molar-refractivity contribution in [3.63, 3.8) is 0 Å². The summed E-state index contributed by atoms with van der Waals surface area (Å²) >= 11 is 3.47. The first-order valence-electron chi connectivity index (χ1n) is 6.40. The molecular weight excluding hydrogens is 328 g/mol. The zero-order valence-electron chi connectivity index (χ0n) is 11.0. The van der Waals surface area contributed by atoms with Crippen molar-refractivity contribution in [3.8, 4) is 0 Å². The van der Waals surface area contributed by atoms with E-state index in [0.717, 1.165) is 29.5 Å². The minimum Gasteiger partial charge on any atom is -0.353 e. The van der Waals surface area contributed by atoms with Crippen molar-refractivity contribution in [3.05, 3.63) is 34.3 Å². The highest BCUT2D eigenvalue weighted by Gasteiger charge is 2.22. The molecule has 0 bridgehead atoms. The number of carbonyl (C=O) groups is 1. The predicted molar refractivity (Wildman–Crippen MR) is 83.7 cm³/mol. The van der Waals surface area contributed by atoms with Gasteiger partial charge in [-0.15, -0.1) is 12.4 Å². The maximum Gasteiger partial charge on any atom is 0.224 e. The average molecular weight is 348 g/mol. The number of carbonyl (C=O) groups excluding carboxylic acids is 1. The summed E-state index contributed by atoms with van der Waals surface area (Å²) in [6, 6.07) is 8.17. The third-order valence-corrected chi connectivity index (χ3v) is 4.21. The highest BCUT2D eigenvalue weighted by atomic mass is 79.9. The summed E-state index contributed by atoms with van der Waals surface area (Å²) in [5, 5.41) is 6.48. The third kappa shape index (κ3) is 4.79. The molecule has 1 heterocycles. The Morgan fingerprint density at radius 1 is 1.47 bits per heavy atom. The quantitative estimate of drug-likeness (QED) is 0.882. The Hall–Kier alpha value is -0.580. The molecule has 5 heteroatoms. The molecule has 2 unspecified atom stereocenters. The molecule has 3 nitrogen and oxygen atoms in total. The van der Waals surface area contributed by atoms with Gasteiger partial charge in [-0.3, -0.25) is 4.79 Å². The summed E-state index contributed by atoms with van der Waals surface area (Å²) in [6.45, 7) is 4.15. The lowest BCUT2D eigenvalue weighted by atomic mass is 9.95. The van der Waals surface area contributed by atoms with Crippen LogP contribution in [0.3, 0.4) is 0 Å². The summed E-state index contributed by atoms with van der Waals surface area (Å²) in [5.74, 6) is 0.613. The van der Waals surface area contributed by atoms with Crippen LogP contribution in [0.1, 0.15) is 18.9 Å². The van der Waals surface area contributed by atoms with Gasteiger partial charge in [0.05, 0.1) is 6.42 Å². The van der Waals surface area contributed by atoms with Gasteiger partial charge in [-0.1, -0.05) is 41.1 Å². The summed E-state index contributed by atoms with van der Waals surface area (Å²) < 4.78 is 0.999. The standard InChI is InChI=1S/C14H19BrN2O.ClH/c1-10-9-16-7-6-13(10)17-14(18)8-11-4-2-3-5-12(11)15;/h2-5,10,13,16H,6-9H2,1H3,(H,17,18);1H. The minimum absolute atomic E-state index is 0. The van der Waals surface area contributed by atoms with E-state index in [1.165, 1.54) is 0 Å². The van der Waals surface area contributed by atoms with E-state index in [2.05, 4.69) is 33.5 Å². The molecule has 1 aliphatic heterocycles. The van der Waals surface area contributed by atoms with E-state index in [4.69, 9.17) is 0 Å². The molecule has 0 spiro atoms. The Labute approximate surface area is 129 Å². The SMILES string of the molecule is CC1CNCCC1NC(=O)Cc1ccccc1Br.Cl. The maximum atomic E-state index is 12.0. The Morgan fingerprint density at radius 3 is 2.89 bits per heavy atom. The molecule has 0 aliphatic carbocycles. The molecule has 1 aliphatic rings. The number of halogens is 2. The maximum absolute atomic E-state index is 12.0. The Bertz CT molecular complexity index is 428. The van der Waals surface area contributed by atoms with E-state index in [1.54, 1.807) is 0 Å².